The summed E-state index contributed by atoms with van der Waals surface area (Å²) in [5.41, 5.74) is -0.890. The molecule has 0 saturated carbocycles. The van der Waals surface area contributed by atoms with Crippen LogP contribution >= 0.6 is 0 Å². The van der Waals surface area contributed by atoms with Gasteiger partial charge in [0.1, 0.15) is 27.5 Å². The number of benzene rings is 1. The summed E-state index contributed by atoms with van der Waals surface area (Å²) in [6, 6.07) is 4.60. The second-order valence-electron chi connectivity index (χ2n) is 8.67. The highest BCUT2D eigenvalue weighted by atomic mass is 32.2. The first kappa shape index (κ1) is 21.3. The fourth-order valence-electron chi connectivity index (χ4n) is 2.91. The number of hydrogen-bond acceptors (Lipinski definition) is 5. The first-order valence-electron chi connectivity index (χ1n) is 8.70. The van der Waals surface area contributed by atoms with Crippen LogP contribution in [0.25, 0.3) is 0 Å². The average molecular weight is 398 g/mol. The van der Waals surface area contributed by atoms with Crippen LogP contribution in [0.2, 0.25) is 0 Å². The van der Waals surface area contributed by atoms with Gasteiger partial charge in [-0.25, -0.2) is 13.4 Å². The van der Waals surface area contributed by atoms with Crippen LogP contribution in [0.4, 0.5) is 9.18 Å². The summed E-state index contributed by atoms with van der Waals surface area (Å²) in [4.78, 5) is 16.8. The molecule has 1 aromatic rings. The van der Waals surface area contributed by atoms with Crippen LogP contribution in [0.3, 0.4) is 0 Å². The summed E-state index contributed by atoms with van der Waals surface area (Å²) in [6.07, 6.45) is -0.751. The Morgan fingerprint density at radius 3 is 2.48 bits per heavy atom. The molecule has 1 aliphatic heterocycles. The minimum Gasteiger partial charge on any atom is -0.444 e. The molecule has 27 heavy (non-hydrogen) atoms. The van der Waals surface area contributed by atoms with Crippen molar-refractivity contribution in [2.24, 2.45) is 4.99 Å². The summed E-state index contributed by atoms with van der Waals surface area (Å²) >= 11 is 0. The number of rotatable bonds is 1. The van der Waals surface area contributed by atoms with E-state index < -0.39 is 37.5 Å². The van der Waals surface area contributed by atoms with Gasteiger partial charge in [-0.05, 0) is 54.5 Å². The van der Waals surface area contributed by atoms with Gasteiger partial charge in [0.15, 0.2) is 0 Å². The van der Waals surface area contributed by atoms with Gasteiger partial charge in [0.2, 0.25) is 0 Å². The van der Waals surface area contributed by atoms with Crippen molar-refractivity contribution in [2.45, 2.75) is 64.4 Å². The molecular formula is C19H28FN3O3S. The van der Waals surface area contributed by atoms with Gasteiger partial charge >= 0.3 is 6.09 Å². The van der Waals surface area contributed by atoms with E-state index in [1.807, 2.05) is 6.92 Å². The Labute approximate surface area is 160 Å². The summed E-state index contributed by atoms with van der Waals surface area (Å²) in [6.45, 7) is 11.8. The summed E-state index contributed by atoms with van der Waals surface area (Å²) in [5, 5.41) is 2.55. The molecule has 0 bridgehead atoms. The van der Waals surface area contributed by atoms with Gasteiger partial charge in [0.25, 0.3) is 0 Å². The third-order valence-corrected chi connectivity index (χ3v) is 7.37. The first-order valence-corrected chi connectivity index (χ1v) is 10.4. The number of hydrogen-bond donors (Lipinski definition) is 2. The predicted octanol–water partition coefficient (Wildman–Crippen LogP) is 4.11. The van der Waals surface area contributed by atoms with Crippen molar-refractivity contribution >= 4 is 21.7 Å². The zero-order valence-corrected chi connectivity index (χ0v) is 17.7. The van der Waals surface area contributed by atoms with Crippen molar-refractivity contribution in [3.63, 3.8) is 0 Å². The highest BCUT2D eigenvalue weighted by Gasteiger charge is 2.48. The van der Waals surface area contributed by atoms with E-state index in [1.165, 1.54) is 6.07 Å². The third kappa shape index (κ3) is 4.31. The van der Waals surface area contributed by atoms with Gasteiger partial charge in [-0.15, -0.1) is 0 Å². The van der Waals surface area contributed by atoms with Gasteiger partial charge in [0, 0.05) is 5.56 Å². The average Bonchev–Trinajstić information content (AvgIpc) is 2.45. The lowest BCUT2D eigenvalue weighted by Crippen LogP contribution is -2.57. The highest BCUT2D eigenvalue weighted by Crippen LogP contribution is 2.38. The van der Waals surface area contributed by atoms with E-state index in [4.69, 9.17) is 9.52 Å². The zero-order valence-electron chi connectivity index (χ0n) is 16.9. The van der Waals surface area contributed by atoms with Crippen molar-refractivity contribution < 1.29 is 18.1 Å². The molecule has 8 heteroatoms. The maximum atomic E-state index is 14.5. The third-order valence-electron chi connectivity index (χ3n) is 4.56. The molecule has 0 fully saturated rings. The first-order chi connectivity index (χ1) is 12.1. The van der Waals surface area contributed by atoms with Gasteiger partial charge in [-0.2, -0.15) is 0 Å². The van der Waals surface area contributed by atoms with E-state index in [-0.39, 0.29) is 17.2 Å². The Morgan fingerprint density at radius 1 is 1.33 bits per heavy atom. The molecule has 2 rings (SSSR count). The van der Waals surface area contributed by atoms with E-state index >= 15 is 0 Å². The van der Waals surface area contributed by atoms with E-state index in [9.17, 15) is 13.4 Å². The number of aryl methyl sites for hydroxylation is 1. The molecule has 2 atom stereocenters. The van der Waals surface area contributed by atoms with Crippen molar-refractivity contribution in [3.8, 4) is 0 Å². The maximum absolute atomic E-state index is 14.5. The lowest BCUT2D eigenvalue weighted by Gasteiger charge is -2.41. The quantitative estimate of drug-likeness (QED) is 0.747. The summed E-state index contributed by atoms with van der Waals surface area (Å²) < 4.78 is 40.2. The van der Waals surface area contributed by atoms with Crippen molar-refractivity contribution in [2.75, 3.05) is 5.75 Å². The molecule has 2 N–H and O–H groups in total. The standard InChI is InChI=1S/C19H28FN3O3S/c1-12-8-9-14(20)13(10-12)19(7)11-27(21,25)18(5,6)15(23-19)22-16(24)26-17(2,3)4/h8-10,21H,11H2,1-7H3,(H,22,23,24)/t19-,27?/m0/s1. The fraction of sp³-hybridized carbons (Fsp3) is 0.579. The number of nitrogens with one attached hydrogen (secondary N) is 2. The molecule has 0 aromatic heterocycles. The second kappa shape index (κ2) is 6.58. The second-order valence-corrected chi connectivity index (χ2v) is 11.3. The Bertz CT molecular complexity index is 901. The Kier molecular flexibility index (Phi) is 5.20. The highest BCUT2D eigenvalue weighted by molar-refractivity contribution is 7.94. The lowest BCUT2D eigenvalue weighted by atomic mass is 9.92. The van der Waals surface area contributed by atoms with Gasteiger partial charge in [-0.3, -0.25) is 15.1 Å². The van der Waals surface area contributed by atoms with E-state index in [1.54, 1.807) is 53.7 Å². The van der Waals surface area contributed by atoms with Crippen LogP contribution in [-0.4, -0.2) is 32.2 Å². The summed E-state index contributed by atoms with van der Waals surface area (Å²) in [5.74, 6) is -0.572. The van der Waals surface area contributed by atoms with Crippen LogP contribution in [0.15, 0.2) is 23.2 Å². The lowest BCUT2D eigenvalue weighted by molar-refractivity contribution is 0.0561. The molecule has 0 radical (unpaired) electrons. The monoisotopic (exact) mass is 397 g/mol. The molecule has 1 heterocycles. The predicted molar refractivity (Wildman–Crippen MR) is 105 cm³/mol. The number of halogens is 1. The molecule has 1 amide bonds. The van der Waals surface area contributed by atoms with E-state index in [0.29, 0.717) is 0 Å². The normalized spacial score (nSPS) is 27.6. The SMILES string of the molecule is Cc1ccc(F)c([C@]2(C)CS(=N)(=O)C(C)(C)C(NC(=O)OC(C)(C)C)=N2)c1. The molecule has 0 spiro atoms. The number of amides is 1. The molecule has 0 aliphatic carbocycles. The molecule has 0 saturated heterocycles. The molecule has 1 unspecified atom stereocenters. The minimum absolute atomic E-state index is 0.0615. The number of nitrogens with zero attached hydrogens (tertiary/aromatic N) is 1. The molecule has 6 nitrogen and oxygen atoms in total. The van der Waals surface area contributed by atoms with Crippen LogP contribution in [-0.2, 0) is 20.0 Å². The van der Waals surface area contributed by atoms with Gasteiger partial charge in [-0.1, -0.05) is 17.7 Å². The van der Waals surface area contributed by atoms with Crippen molar-refractivity contribution in [1.82, 2.24) is 5.32 Å². The Balaban J connectivity index is 2.57. The van der Waals surface area contributed by atoms with Crippen LogP contribution < -0.4 is 5.32 Å². The zero-order chi connectivity index (χ0) is 20.8. The smallest absolute Gasteiger partial charge is 0.413 e. The number of aliphatic imine (C=N–C) groups is 1. The number of amidine groups is 1. The Hall–Kier alpha value is -1.96. The van der Waals surface area contributed by atoms with Crippen molar-refractivity contribution in [3.05, 3.63) is 35.1 Å². The molecule has 150 valence electrons. The summed E-state index contributed by atoms with van der Waals surface area (Å²) in [7, 11) is -3.25. The van der Waals surface area contributed by atoms with Crippen LogP contribution in [0.5, 0.6) is 0 Å². The van der Waals surface area contributed by atoms with E-state index in [0.717, 1.165) is 5.56 Å². The number of alkyl carbamates (subject to hydrolysis) is 1. The number of carbonyl (C=O) groups excluding carboxylic acids is 1. The number of carbonyl (C=O) groups is 1. The van der Waals surface area contributed by atoms with Crippen LogP contribution in [0, 0.1) is 17.5 Å². The Morgan fingerprint density at radius 2 is 1.93 bits per heavy atom. The topological polar surface area (TPSA) is 91.6 Å². The molecule has 1 aliphatic rings. The minimum atomic E-state index is -3.25. The molecular weight excluding hydrogens is 369 g/mol. The van der Waals surface area contributed by atoms with E-state index in [2.05, 4.69) is 10.3 Å². The van der Waals surface area contributed by atoms with Gasteiger partial charge < -0.3 is 4.74 Å². The van der Waals surface area contributed by atoms with Gasteiger partial charge in [0.05, 0.1) is 15.5 Å². The number of ether oxygens (including phenoxy) is 1. The van der Waals surface area contributed by atoms with Crippen molar-refractivity contribution in [1.29, 1.82) is 4.78 Å². The molecule has 1 aromatic carbocycles. The fourth-order valence-corrected chi connectivity index (χ4v) is 4.70. The van der Waals surface area contributed by atoms with Crippen LogP contribution in [0.1, 0.15) is 52.7 Å². The largest absolute Gasteiger partial charge is 0.444 e. The maximum Gasteiger partial charge on any atom is 0.413 e.